The summed E-state index contributed by atoms with van der Waals surface area (Å²) >= 11 is 5.16. The average molecular weight is 465 g/mol. The van der Waals surface area contributed by atoms with Crippen LogP contribution in [-0.4, -0.2) is 5.43 Å². The van der Waals surface area contributed by atoms with E-state index < -0.39 is 5.43 Å². The van der Waals surface area contributed by atoms with E-state index in [0.717, 1.165) is 5.56 Å². The molecular formula is C31H9ClO3. The van der Waals surface area contributed by atoms with Crippen LogP contribution in [0.2, 0.25) is 0 Å². The SMILES string of the molecule is C#CC#CC#CC#CC#CC#CC#CC#CC#CC#CC#COc1cc(C)cc(COC(=O)Cl)c1. The summed E-state index contributed by atoms with van der Waals surface area (Å²) in [5.41, 5.74) is 0.740. The molecule has 0 unspecified atom stereocenters. The second-order valence-corrected chi connectivity index (χ2v) is 5.71. The number of terminal acetylenes is 1. The normalized spacial score (nSPS) is 6.20. The van der Waals surface area contributed by atoms with Crippen LogP contribution in [0, 0.1) is 138 Å². The van der Waals surface area contributed by atoms with Gasteiger partial charge in [0.15, 0.2) is 0 Å². The summed E-state index contributed by atoms with van der Waals surface area (Å²) in [5.74, 6) is 49.6. The Morgan fingerprint density at radius 1 is 0.714 bits per heavy atom. The number of hydrogen-bond donors (Lipinski definition) is 0. The largest absolute Gasteiger partial charge is 0.449 e. The van der Waals surface area contributed by atoms with Gasteiger partial charge in [0.25, 0.3) is 0 Å². The number of benzene rings is 1. The summed E-state index contributed by atoms with van der Waals surface area (Å²) in [4.78, 5) is 10.7. The molecular weight excluding hydrogens is 456 g/mol. The zero-order chi connectivity index (χ0) is 25.4. The number of aryl methyl sites for hydroxylation is 1. The quantitative estimate of drug-likeness (QED) is 0.510. The Balaban J connectivity index is 2.50. The summed E-state index contributed by atoms with van der Waals surface area (Å²) in [7, 11) is 0. The van der Waals surface area contributed by atoms with Gasteiger partial charge in [-0.3, -0.25) is 0 Å². The van der Waals surface area contributed by atoms with E-state index in [9.17, 15) is 4.79 Å². The maximum Gasteiger partial charge on any atom is 0.404 e. The standard InChI is InChI=1S/C31H9ClO3/c1-3-4-5-6-7-8-9-10-11-12-13-14-15-16-17-18-19-20-21-22-23-34-30-25-28(2)24-29(26-30)27-35-31(32)33/h1,24-26H,27H2,2H3. The molecule has 0 heterocycles. The molecule has 1 rings (SSSR count). The summed E-state index contributed by atoms with van der Waals surface area (Å²) in [6, 6.07) is 5.27. The summed E-state index contributed by atoms with van der Waals surface area (Å²) in [6.07, 6.45) is 7.37. The zero-order valence-corrected chi connectivity index (χ0v) is 18.9. The highest BCUT2D eigenvalue weighted by Gasteiger charge is 2.02. The molecule has 0 fully saturated rings. The second-order valence-electron chi connectivity index (χ2n) is 5.40. The van der Waals surface area contributed by atoms with E-state index in [1.807, 2.05) is 13.0 Å². The van der Waals surface area contributed by atoms with Crippen molar-refractivity contribution in [3.8, 4) is 137 Å². The number of hydrogen-bond acceptors (Lipinski definition) is 3. The molecule has 0 aromatic heterocycles. The predicted molar refractivity (Wildman–Crippen MR) is 134 cm³/mol. The maximum atomic E-state index is 10.7. The molecule has 3 nitrogen and oxygen atoms in total. The number of carbonyl (C=O) groups excluding carboxylic acids is 1. The first kappa shape index (κ1) is 27.0. The van der Waals surface area contributed by atoms with Gasteiger partial charge in [-0.2, -0.15) is 0 Å². The Hall–Kier alpha value is -6.06. The van der Waals surface area contributed by atoms with Crippen molar-refractivity contribution in [3.05, 3.63) is 29.3 Å². The van der Waals surface area contributed by atoms with Crippen molar-refractivity contribution in [3.63, 3.8) is 0 Å². The molecule has 158 valence electrons. The van der Waals surface area contributed by atoms with E-state index in [4.69, 9.17) is 27.5 Å². The molecule has 0 bridgehead atoms. The topological polar surface area (TPSA) is 35.5 Å². The van der Waals surface area contributed by atoms with Gasteiger partial charge in [-0.25, -0.2) is 4.79 Å². The van der Waals surface area contributed by atoms with Crippen LogP contribution in [0.4, 0.5) is 4.79 Å². The lowest BCUT2D eigenvalue weighted by Gasteiger charge is -2.05. The average Bonchev–Trinajstić information content (AvgIpc) is 2.83. The Bertz CT molecular complexity index is 1670. The first-order chi connectivity index (χ1) is 17.1. The molecule has 0 saturated carbocycles. The highest BCUT2D eigenvalue weighted by molar-refractivity contribution is 6.61. The van der Waals surface area contributed by atoms with Gasteiger partial charge in [-0.1, -0.05) is 6.07 Å². The number of rotatable bonds is 3. The van der Waals surface area contributed by atoms with Gasteiger partial charge >= 0.3 is 5.43 Å². The third kappa shape index (κ3) is 16.3. The Morgan fingerprint density at radius 3 is 1.57 bits per heavy atom. The summed E-state index contributed by atoms with van der Waals surface area (Å²) in [5, 5.41) is 0. The predicted octanol–water partition coefficient (Wildman–Crippen LogP) is 2.87. The molecule has 0 radical (unpaired) electrons. The molecule has 1 aromatic rings. The number of halogens is 1. The maximum absolute atomic E-state index is 10.7. The molecule has 0 amide bonds. The van der Waals surface area contributed by atoms with Crippen LogP contribution in [0.5, 0.6) is 5.75 Å². The van der Waals surface area contributed by atoms with Crippen LogP contribution >= 0.6 is 11.6 Å². The van der Waals surface area contributed by atoms with Gasteiger partial charge in [-0.05, 0) is 77.5 Å². The minimum absolute atomic E-state index is 0.0339. The molecule has 0 N–H and O–H groups in total. The lowest BCUT2D eigenvalue weighted by Crippen LogP contribution is -1.96. The van der Waals surface area contributed by atoms with Crippen molar-refractivity contribution in [2.75, 3.05) is 0 Å². The lowest BCUT2D eigenvalue weighted by atomic mass is 10.1. The monoisotopic (exact) mass is 464 g/mol. The Labute approximate surface area is 210 Å². The molecule has 0 saturated heterocycles. The van der Waals surface area contributed by atoms with Crippen LogP contribution in [0.3, 0.4) is 0 Å². The number of carbonyl (C=O) groups is 1. The second kappa shape index (κ2) is 18.7. The van der Waals surface area contributed by atoms with E-state index in [2.05, 4.69) is 125 Å². The van der Waals surface area contributed by atoms with Gasteiger partial charge in [-0.15, -0.1) is 6.42 Å². The third-order valence-electron chi connectivity index (χ3n) is 2.88. The summed E-state index contributed by atoms with van der Waals surface area (Å²) in [6.45, 7) is 1.90. The molecule has 0 aliphatic rings. The molecule has 35 heavy (non-hydrogen) atoms. The van der Waals surface area contributed by atoms with Gasteiger partial charge in [0.05, 0.1) is 0 Å². The van der Waals surface area contributed by atoms with Gasteiger partial charge in [0, 0.05) is 82.6 Å². The molecule has 0 spiro atoms. The Morgan fingerprint density at radius 2 is 1.14 bits per heavy atom. The van der Waals surface area contributed by atoms with Crippen LogP contribution in [0.1, 0.15) is 11.1 Å². The minimum Gasteiger partial charge on any atom is -0.449 e. The molecule has 4 heteroatoms. The lowest BCUT2D eigenvalue weighted by molar-refractivity contribution is 0.167. The zero-order valence-electron chi connectivity index (χ0n) is 18.1. The van der Waals surface area contributed by atoms with E-state index in [-0.39, 0.29) is 6.61 Å². The summed E-state index contributed by atoms with van der Waals surface area (Å²) < 4.78 is 10.0. The van der Waals surface area contributed by atoms with Gasteiger partial charge in [0.1, 0.15) is 18.5 Å². The highest BCUT2D eigenvalue weighted by Crippen LogP contribution is 2.17. The van der Waals surface area contributed by atoms with Gasteiger partial charge in [0.2, 0.25) is 0 Å². The van der Waals surface area contributed by atoms with E-state index in [1.54, 1.807) is 12.1 Å². The van der Waals surface area contributed by atoms with Crippen molar-refractivity contribution in [1.29, 1.82) is 0 Å². The van der Waals surface area contributed by atoms with E-state index in [1.165, 1.54) is 0 Å². The van der Waals surface area contributed by atoms with Crippen molar-refractivity contribution in [2.45, 2.75) is 13.5 Å². The van der Waals surface area contributed by atoms with Gasteiger partial charge < -0.3 is 9.47 Å². The van der Waals surface area contributed by atoms with Crippen molar-refractivity contribution in [2.24, 2.45) is 0 Å². The molecule has 0 atom stereocenters. The van der Waals surface area contributed by atoms with Crippen LogP contribution in [0.25, 0.3) is 0 Å². The molecule has 0 aliphatic heterocycles. The van der Waals surface area contributed by atoms with Crippen LogP contribution < -0.4 is 4.74 Å². The van der Waals surface area contributed by atoms with Crippen molar-refractivity contribution >= 4 is 17.0 Å². The highest BCUT2D eigenvalue weighted by atomic mass is 35.5. The first-order valence-electron chi connectivity index (χ1n) is 9.17. The molecule has 1 aromatic carbocycles. The van der Waals surface area contributed by atoms with Crippen molar-refractivity contribution in [1.82, 2.24) is 0 Å². The Kier molecular flexibility index (Phi) is 14.4. The first-order valence-corrected chi connectivity index (χ1v) is 9.55. The fourth-order valence-electron chi connectivity index (χ4n) is 1.78. The fraction of sp³-hybridized carbons (Fsp3) is 0.0645. The van der Waals surface area contributed by atoms with Crippen LogP contribution in [0.15, 0.2) is 18.2 Å². The minimum atomic E-state index is -0.880. The van der Waals surface area contributed by atoms with Crippen LogP contribution in [-0.2, 0) is 11.3 Å². The number of ether oxygens (including phenoxy) is 2. The smallest absolute Gasteiger partial charge is 0.404 e. The van der Waals surface area contributed by atoms with Crippen molar-refractivity contribution < 1.29 is 14.3 Å². The van der Waals surface area contributed by atoms with E-state index in [0.29, 0.717) is 11.3 Å². The van der Waals surface area contributed by atoms with E-state index >= 15 is 0 Å². The fourth-order valence-corrected chi connectivity index (χ4v) is 1.84. The third-order valence-corrected chi connectivity index (χ3v) is 2.99. The molecule has 0 aliphatic carbocycles.